The van der Waals surface area contributed by atoms with E-state index in [1.807, 2.05) is 11.3 Å². The van der Waals surface area contributed by atoms with Gasteiger partial charge in [0.25, 0.3) is 0 Å². The van der Waals surface area contributed by atoms with Gasteiger partial charge in [-0.25, -0.2) is 0 Å². The van der Waals surface area contributed by atoms with Crippen LogP contribution in [0.2, 0.25) is 0 Å². The highest BCUT2D eigenvalue weighted by Crippen LogP contribution is 2.18. The number of rotatable bonds is 7. The molecule has 2 nitrogen and oxygen atoms in total. The molecule has 1 aromatic rings. The van der Waals surface area contributed by atoms with E-state index in [0.29, 0.717) is 0 Å². The number of unbranched alkanes of at least 4 members (excludes halogenated alkanes) is 1. The minimum atomic E-state index is 0.727. The molecule has 0 radical (unpaired) electrons. The summed E-state index contributed by atoms with van der Waals surface area (Å²) >= 11 is 1.96. The van der Waals surface area contributed by atoms with Crippen LogP contribution in [0.25, 0.3) is 0 Å². The van der Waals surface area contributed by atoms with E-state index in [1.54, 1.807) is 0 Å². The Hall–Kier alpha value is -0.380. The van der Waals surface area contributed by atoms with Crippen molar-refractivity contribution in [1.29, 1.82) is 0 Å². The molecule has 0 amide bonds. The van der Waals surface area contributed by atoms with Crippen LogP contribution in [0.15, 0.2) is 12.1 Å². The number of piperidine rings is 1. The second-order valence-electron chi connectivity index (χ2n) is 5.57. The largest absolute Gasteiger partial charge is 0.309 e. The van der Waals surface area contributed by atoms with Crippen LogP contribution < -0.4 is 5.32 Å². The maximum absolute atomic E-state index is 3.74. The van der Waals surface area contributed by atoms with Crippen molar-refractivity contribution >= 4 is 11.3 Å². The Morgan fingerprint density at radius 1 is 1.21 bits per heavy atom. The summed E-state index contributed by atoms with van der Waals surface area (Å²) in [6.07, 6.45) is 6.47. The zero-order valence-electron chi connectivity index (χ0n) is 12.5. The lowest BCUT2D eigenvalue weighted by Crippen LogP contribution is -2.42. The highest BCUT2D eigenvalue weighted by atomic mass is 32.1. The summed E-state index contributed by atoms with van der Waals surface area (Å²) in [6.45, 7) is 9.43. The lowest BCUT2D eigenvalue weighted by Gasteiger charge is -2.32. The summed E-state index contributed by atoms with van der Waals surface area (Å²) in [5.74, 6) is 0. The molecule has 2 heterocycles. The van der Waals surface area contributed by atoms with Crippen molar-refractivity contribution in [2.24, 2.45) is 0 Å². The van der Waals surface area contributed by atoms with Crippen LogP contribution >= 0.6 is 11.3 Å². The van der Waals surface area contributed by atoms with Crippen molar-refractivity contribution in [2.75, 3.05) is 19.6 Å². The van der Waals surface area contributed by atoms with Gasteiger partial charge >= 0.3 is 0 Å². The van der Waals surface area contributed by atoms with Gasteiger partial charge in [0.05, 0.1) is 0 Å². The van der Waals surface area contributed by atoms with Crippen molar-refractivity contribution in [3.63, 3.8) is 0 Å². The molecule has 19 heavy (non-hydrogen) atoms. The molecular weight excluding hydrogens is 252 g/mol. The third-order valence-electron chi connectivity index (χ3n) is 4.05. The Kier molecular flexibility index (Phi) is 6.35. The third-order valence-corrected chi connectivity index (χ3v) is 5.28. The number of likely N-dealkylation sites (tertiary alicyclic amines) is 1. The first-order valence-corrected chi connectivity index (χ1v) is 8.66. The number of aryl methyl sites for hydroxylation is 1. The van der Waals surface area contributed by atoms with E-state index in [4.69, 9.17) is 0 Å². The SMILES string of the molecule is CCCCN1CCC(NCc2ccc(CC)s2)CC1. The molecule has 2 rings (SSSR count). The van der Waals surface area contributed by atoms with Crippen LogP contribution in [-0.4, -0.2) is 30.6 Å². The summed E-state index contributed by atoms with van der Waals surface area (Å²) in [5, 5.41) is 3.74. The predicted octanol–water partition coefficient (Wildman–Crippen LogP) is 3.66. The number of hydrogen-bond donors (Lipinski definition) is 1. The van der Waals surface area contributed by atoms with E-state index >= 15 is 0 Å². The van der Waals surface area contributed by atoms with Gasteiger partial charge < -0.3 is 10.2 Å². The quantitative estimate of drug-likeness (QED) is 0.820. The lowest BCUT2D eigenvalue weighted by atomic mass is 10.0. The van der Waals surface area contributed by atoms with E-state index in [1.165, 1.54) is 61.5 Å². The van der Waals surface area contributed by atoms with Gasteiger partial charge in [-0.2, -0.15) is 0 Å². The van der Waals surface area contributed by atoms with Gasteiger partial charge in [0.2, 0.25) is 0 Å². The second-order valence-corrected chi connectivity index (χ2v) is 6.82. The van der Waals surface area contributed by atoms with Gasteiger partial charge in [0.15, 0.2) is 0 Å². The molecule has 0 unspecified atom stereocenters. The molecule has 1 aromatic heterocycles. The minimum Gasteiger partial charge on any atom is -0.309 e. The molecule has 1 saturated heterocycles. The zero-order chi connectivity index (χ0) is 13.5. The molecule has 0 aliphatic carbocycles. The standard InChI is InChI=1S/C16H28N2S/c1-3-5-10-18-11-8-14(9-12-18)17-13-16-7-6-15(4-2)19-16/h6-7,14,17H,3-5,8-13H2,1-2H3. The Labute approximate surface area is 122 Å². The van der Waals surface area contributed by atoms with E-state index in [2.05, 4.69) is 36.2 Å². The van der Waals surface area contributed by atoms with E-state index in [0.717, 1.165) is 12.6 Å². The topological polar surface area (TPSA) is 15.3 Å². The normalized spacial score (nSPS) is 18.0. The molecule has 1 fully saturated rings. The monoisotopic (exact) mass is 280 g/mol. The molecule has 0 bridgehead atoms. The summed E-state index contributed by atoms with van der Waals surface area (Å²) in [4.78, 5) is 5.62. The van der Waals surface area contributed by atoms with Gasteiger partial charge in [-0.15, -0.1) is 11.3 Å². The van der Waals surface area contributed by atoms with Crippen molar-refractivity contribution in [3.8, 4) is 0 Å². The molecular formula is C16H28N2S. The van der Waals surface area contributed by atoms with Gasteiger partial charge in [-0.3, -0.25) is 0 Å². The molecule has 0 aromatic carbocycles. The molecule has 1 aliphatic heterocycles. The molecule has 1 N–H and O–H groups in total. The highest BCUT2D eigenvalue weighted by Gasteiger charge is 2.18. The first-order chi connectivity index (χ1) is 9.31. The van der Waals surface area contributed by atoms with Crippen LogP contribution in [-0.2, 0) is 13.0 Å². The van der Waals surface area contributed by atoms with Crippen molar-refractivity contribution in [1.82, 2.24) is 10.2 Å². The Morgan fingerprint density at radius 2 is 1.95 bits per heavy atom. The number of nitrogens with one attached hydrogen (secondary N) is 1. The number of nitrogens with zero attached hydrogens (tertiary/aromatic N) is 1. The predicted molar refractivity (Wildman–Crippen MR) is 84.9 cm³/mol. The maximum Gasteiger partial charge on any atom is 0.0302 e. The Balaban J connectivity index is 1.65. The van der Waals surface area contributed by atoms with E-state index < -0.39 is 0 Å². The number of hydrogen-bond acceptors (Lipinski definition) is 3. The molecule has 1 aliphatic rings. The van der Waals surface area contributed by atoms with Crippen LogP contribution in [0, 0.1) is 0 Å². The number of thiophene rings is 1. The van der Waals surface area contributed by atoms with E-state index in [9.17, 15) is 0 Å². The summed E-state index contributed by atoms with van der Waals surface area (Å²) in [5.41, 5.74) is 0. The second kappa shape index (κ2) is 8.03. The molecule has 0 saturated carbocycles. The molecule has 0 atom stereocenters. The maximum atomic E-state index is 3.74. The average molecular weight is 280 g/mol. The van der Waals surface area contributed by atoms with Crippen LogP contribution in [0.1, 0.15) is 49.3 Å². The van der Waals surface area contributed by atoms with Crippen molar-refractivity contribution in [3.05, 3.63) is 21.9 Å². The third kappa shape index (κ3) is 4.90. The fourth-order valence-electron chi connectivity index (χ4n) is 2.69. The van der Waals surface area contributed by atoms with Crippen LogP contribution in [0.4, 0.5) is 0 Å². The summed E-state index contributed by atoms with van der Waals surface area (Å²) in [7, 11) is 0. The average Bonchev–Trinajstić information content (AvgIpc) is 2.92. The summed E-state index contributed by atoms with van der Waals surface area (Å²) < 4.78 is 0. The molecule has 0 spiro atoms. The Morgan fingerprint density at radius 3 is 2.58 bits per heavy atom. The first-order valence-electron chi connectivity index (χ1n) is 7.85. The molecule has 3 heteroatoms. The highest BCUT2D eigenvalue weighted by molar-refractivity contribution is 7.11. The van der Waals surface area contributed by atoms with Gasteiger partial charge in [-0.05, 0) is 57.5 Å². The lowest BCUT2D eigenvalue weighted by molar-refractivity contribution is 0.195. The van der Waals surface area contributed by atoms with Gasteiger partial charge in [-0.1, -0.05) is 20.3 Å². The van der Waals surface area contributed by atoms with Crippen molar-refractivity contribution in [2.45, 2.75) is 58.5 Å². The molecule has 108 valence electrons. The fraction of sp³-hybridized carbons (Fsp3) is 0.750. The van der Waals surface area contributed by atoms with Gasteiger partial charge in [0.1, 0.15) is 0 Å². The smallest absolute Gasteiger partial charge is 0.0302 e. The zero-order valence-corrected chi connectivity index (χ0v) is 13.3. The first kappa shape index (κ1) is 15.0. The minimum absolute atomic E-state index is 0.727. The summed E-state index contributed by atoms with van der Waals surface area (Å²) in [6, 6.07) is 5.28. The fourth-order valence-corrected chi connectivity index (χ4v) is 3.60. The van der Waals surface area contributed by atoms with Gasteiger partial charge in [0, 0.05) is 22.3 Å². The van der Waals surface area contributed by atoms with Crippen molar-refractivity contribution < 1.29 is 0 Å². The Bertz CT molecular complexity index is 353. The van der Waals surface area contributed by atoms with Crippen LogP contribution in [0.5, 0.6) is 0 Å². The van der Waals surface area contributed by atoms with E-state index in [-0.39, 0.29) is 0 Å². The van der Waals surface area contributed by atoms with Crippen LogP contribution in [0.3, 0.4) is 0 Å².